The van der Waals surface area contributed by atoms with Crippen molar-refractivity contribution < 1.29 is 27.9 Å². The van der Waals surface area contributed by atoms with Crippen LogP contribution in [0.1, 0.15) is 36.3 Å². The SMILES string of the molecule is Cc1ccc(NC(=O)c2cnc(CNC(=O)c3ncnc(NCCO)c3Cl)s2)cc1C(F)(F)F. The Morgan fingerprint density at radius 2 is 1.94 bits per heavy atom. The molecule has 2 amide bonds. The van der Waals surface area contributed by atoms with E-state index >= 15 is 0 Å². The highest BCUT2D eigenvalue weighted by molar-refractivity contribution is 7.13. The van der Waals surface area contributed by atoms with Gasteiger partial charge in [0.2, 0.25) is 0 Å². The monoisotopic (exact) mass is 514 g/mol. The number of amides is 2. The minimum absolute atomic E-state index is 0.00445. The van der Waals surface area contributed by atoms with Crippen LogP contribution >= 0.6 is 22.9 Å². The van der Waals surface area contributed by atoms with E-state index in [0.29, 0.717) is 5.01 Å². The Morgan fingerprint density at radius 3 is 2.65 bits per heavy atom. The Hall–Kier alpha value is -3.29. The number of nitrogens with one attached hydrogen (secondary N) is 3. The fourth-order valence-corrected chi connectivity index (χ4v) is 3.76. The Morgan fingerprint density at radius 1 is 1.18 bits per heavy atom. The largest absolute Gasteiger partial charge is 0.416 e. The van der Waals surface area contributed by atoms with Crippen LogP contribution in [0.4, 0.5) is 24.7 Å². The third-order valence-electron chi connectivity index (χ3n) is 4.39. The van der Waals surface area contributed by atoms with Crippen LogP contribution in [0.25, 0.3) is 0 Å². The molecule has 1 aromatic carbocycles. The first-order valence-corrected chi connectivity index (χ1v) is 10.9. The fourth-order valence-electron chi connectivity index (χ4n) is 2.76. The molecule has 3 rings (SSSR count). The van der Waals surface area contributed by atoms with Crippen LogP contribution in [0.15, 0.2) is 30.7 Å². The molecular formula is C20H18ClF3N6O3S. The molecule has 3 aromatic rings. The molecule has 0 saturated carbocycles. The zero-order valence-electron chi connectivity index (χ0n) is 17.5. The van der Waals surface area contributed by atoms with Crippen molar-refractivity contribution in [1.29, 1.82) is 0 Å². The maximum atomic E-state index is 13.1. The number of benzene rings is 1. The first-order chi connectivity index (χ1) is 16.1. The van der Waals surface area contributed by atoms with Crippen molar-refractivity contribution in [1.82, 2.24) is 20.3 Å². The topological polar surface area (TPSA) is 129 Å². The average molecular weight is 515 g/mol. The Kier molecular flexibility index (Phi) is 8.02. The van der Waals surface area contributed by atoms with Crippen LogP contribution in [0.2, 0.25) is 5.02 Å². The van der Waals surface area contributed by atoms with E-state index in [1.165, 1.54) is 25.3 Å². The Labute approximate surface area is 200 Å². The van der Waals surface area contributed by atoms with E-state index in [-0.39, 0.29) is 52.4 Å². The van der Waals surface area contributed by atoms with Gasteiger partial charge in [-0.05, 0) is 24.6 Å². The third-order valence-corrected chi connectivity index (χ3v) is 5.74. The van der Waals surface area contributed by atoms with Gasteiger partial charge in [0.05, 0.1) is 24.9 Å². The van der Waals surface area contributed by atoms with E-state index in [0.717, 1.165) is 23.7 Å². The standard InChI is InChI=1S/C20H18ClF3N6O3S/c1-10-2-3-11(6-12(10)20(22,23)24)30-18(32)13-7-26-14(34-13)8-27-19(33)16-15(21)17(25-4-5-31)29-9-28-16/h2-3,6-7,9,31H,4-5,8H2,1H3,(H,27,33)(H,30,32)(H,25,28,29). The number of alkyl halides is 3. The summed E-state index contributed by atoms with van der Waals surface area (Å²) in [4.78, 5) is 36.8. The quantitative estimate of drug-likeness (QED) is 0.362. The van der Waals surface area contributed by atoms with Gasteiger partial charge in [-0.1, -0.05) is 17.7 Å². The lowest BCUT2D eigenvalue weighted by molar-refractivity contribution is -0.138. The summed E-state index contributed by atoms with van der Waals surface area (Å²) < 4.78 is 39.2. The number of thiazole rings is 1. The van der Waals surface area contributed by atoms with Gasteiger partial charge in [-0.15, -0.1) is 11.3 Å². The number of aryl methyl sites for hydroxylation is 1. The number of aliphatic hydroxyl groups excluding tert-OH is 1. The molecular weight excluding hydrogens is 497 g/mol. The average Bonchev–Trinajstić information content (AvgIpc) is 3.26. The van der Waals surface area contributed by atoms with Gasteiger partial charge in [-0.2, -0.15) is 13.2 Å². The second-order valence-corrected chi connectivity index (χ2v) is 8.31. The molecule has 14 heteroatoms. The zero-order valence-corrected chi connectivity index (χ0v) is 19.1. The van der Waals surface area contributed by atoms with E-state index in [9.17, 15) is 22.8 Å². The van der Waals surface area contributed by atoms with Crippen molar-refractivity contribution in [3.63, 3.8) is 0 Å². The van der Waals surface area contributed by atoms with E-state index in [2.05, 4.69) is 30.9 Å². The number of rotatable bonds is 8. The van der Waals surface area contributed by atoms with Gasteiger partial charge in [0.1, 0.15) is 27.1 Å². The number of hydrogen-bond donors (Lipinski definition) is 4. The summed E-state index contributed by atoms with van der Waals surface area (Å²) in [5, 5.41) is 17.0. The highest BCUT2D eigenvalue weighted by Crippen LogP contribution is 2.33. The molecule has 0 aliphatic heterocycles. The van der Waals surface area contributed by atoms with Crippen LogP contribution in [-0.4, -0.2) is 45.0 Å². The number of anilines is 2. The lowest BCUT2D eigenvalue weighted by Gasteiger charge is -2.12. The van der Waals surface area contributed by atoms with Crippen molar-refractivity contribution in [2.45, 2.75) is 19.6 Å². The summed E-state index contributed by atoms with van der Waals surface area (Å²) in [7, 11) is 0. The number of aromatic nitrogens is 3. The van der Waals surface area contributed by atoms with Crippen LogP contribution < -0.4 is 16.0 Å². The summed E-state index contributed by atoms with van der Waals surface area (Å²) >= 11 is 7.09. The molecule has 0 aliphatic carbocycles. The second kappa shape index (κ2) is 10.8. The summed E-state index contributed by atoms with van der Waals surface area (Å²) in [6.45, 7) is 1.32. The first-order valence-electron chi connectivity index (χ1n) is 9.67. The zero-order chi connectivity index (χ0) is 24.9. The second-order valence-electron chi connectivity index (χ2n) is 6.82. The molecule has 2 aromatic heterocycles. The number of hydrogen-bond acceptors (Lipinski definition) is 8. The summed E-state index contributed by atoms with van der Waals surface area (Å²) in [6.07, 6.45) is -2.14. The summed E-state index contributed by atoms with van der Waals surface area (Å²) in [5.74, 6) is -1.06. The van der Waals surface area contributed by atoms with Gasteiger partial charge in [0, 0.05) is 12.2 Å². The molecule has 0 radical (unpaired) electrons. The number of nitrogens with zero attached hydrogens (tertiary/aromatic N) is 3. The normalized spacial score (nSPS) is 11.2. The van der Waals surface area contributed by atoms with Crippen LogP contribution in [0.5, 0.6) is 0 Å². The van der Waals surface area contributed by atoms with Crippen molar-refractivity contribution in [3.8, 4) is 0 Å². The Balaban J connectivity index is 1.63. The minimum Gasteiger partial charge on any atom is -0.395 e. The van der Waals surface area contributed by atoms with E-state index in [1.807, 2.05) is 0 Å². The number of aliphatic hydroxyl groups is 1. The van der Waals surface area contributed by atoms with Gasteiger partial charge in [0.15, 0.2) is 5.69 Å². The van der Waals surface area contributed by atoms with E-state index in [1.54, 1.807) is 0 Å². The van der Waals surface area contributed by atoms with Gasteiger partial charge in [-0.3, -0.25) is 9.59 Å². The van der Waals surface area contributed by atoms with Crippen molar-refractivity contribution in [3.05, 3.63) is 62.5 Å². The van der Waals surface area contributed by atoms with Gasteiger partial charge < -0.3 is 21.1 Å². The molecule has 0 saturated heterocycles. The van der Waals surface area contributed by atoms with Crippen LogP contribution in [0, 0.1) is 6.92 Å². The maximum Gasteiger partial charge on any atom is 0.416 e. The molecule has 180 valence electrons. The molecule has 34 heavy (non-hydrogen) atoms. The molecule has 0 aliphatic rings. The molecule has 2 heterocycles. The molecule has 0 atom stereocenters. The van der Waals surface area contributed by atoms with Crippen LogP contribution in [0.3, 0.4) is 0 Å². The fraction of sp³-hybridized carbons (Fsp3) is 0.250. The molecule has 9 nitrogen and oxygen atoms in total. The number of carbonyl (C=O) groups excluding carboxylic acids is 2. The maximum absolute atomic E-state index is 13.1. The number of carbonyl (C=O) groups is 2. The first kappa shape index (κ1) is 25.3. The lowest BCUT2D eigenvalue weighted by atomic mass is 10.1. The summed E-state index contributed by atoms with van der Waals surface area (Å²) in [6, 6.07) is 3.51. The van der Waals surface area contributed by atoms with Crippen molar-refractivity contribution in [2.24, 2.45) is 0 Å². The molecule has 0 bridgehead atoms. The third kappa shape index (κ3) is 6.18. The minimum atomic E-state index is -4.54. The van der Waals surface area contributed by atoms with Gasteiger partial charge >= 0.3 is 6.18 Å². The lowest BCUT2D eigenvalue weighted by Crippen LogP contribution is -2.24. The van der Waals surface area contributed by atoms with Crippen LogP contribution in [-0.2, 0) is 12.7 Å². The van der Waals surface area contributed by atoms with E-state index in [4.69, 9.17) is 16.7 Å². The highest BCUT2D eigenvalue weighted by atomic mass is 35.5. The predicted octanol–water partition coefficient (Wildman–Crippen LogP) is 3.50. The summed E-state index contributed by atoms with van der Waals surface area (Å²) in [5.41, 5.74) is -0.890. The molecule has 0 unspecified atom stereocenters. The van der Waals surface area contributed by atoms with E-state index < -0.39 is 23.6 Å². The van der Waals surface area contributed by atoms with Gasteiger partial charge in [-0.25, -0.2) is 15.0 Å². The van der Waals surface area contributed by atoms with Gasteiger partial charge in [0.25, 0.3) is 11.8 Å². The molecule has 4 N–H and O–H groups in total. The van der Waals surface area contributed by atoms with Crippen molar-refractivity contribution >= 4 is 46.3 Å². The number of halogens is 4. The molecule has 0 fully saturated rings. The predicted molar refractivity (Wildman–Crippen MR) is 120 cm³/mol. The Bertz CT molecular complexity index is 1200. The smallest absolute Gasteiger partial charge is 0.395 e. The van der Waals surface area contributed by atoms with Crippen molar-refractivity contribution in [2.75, 3.05) is 23.8 Å². The highest BCUT2D eigenvalue weighted by Gasteiger charge is 2.32. The molecule has 0 spiro atoms.